The fraction of sp³-hybridized carbons (Fsp3) is 0.0682. The minimum Gasteiger partial charge on any atom is -0.238 e. The molecule has 6 aromatic carbocycles. The lowest BCUT2D eigenvalue weighted by atomic mass is 9.82. The first kappa shape index (κ1) is 28.4. The second kappa shape index (κ2) is 11.4. The van der Waals surface area contributed by atoms with Gasteiger partial charge in [0.1, 0.15) is 0 Å². The third-order valence-corrected chi connectivity index (χ3v) is 9.31. The zero-order valence-electron chi connectivity index (χ0n) is 26.3. The fourth-order valence-corrected chi connectivity index (χ4v) is 6.87. The van der Waals surface area contributed by atoms with Crippen LogP contribution in [-0.4, -0.2) is 9.97 Å². The highest BCUT2D eigenvalue weighted by atomic mass is 14.9. The Bertz CT molecular complexity index is 2330. The number of nitrogens with zero attached hydrogens (tertiary/aromatic N) is 3. The summed E-state index contributed by atoms with van der Waals surface area (Å²) in [4.78, 5) is 14.1. The molecule has 222 valence electrons. The van der Waals surface area contributed by atoms with Crippen LogP contribution in [0.3, 0.4) is 0 Å². The smallest absolute Gasteiger partial charge is 0.195 e. The molecule has 8 rings (SSSR count). The van der Waals surface area contributed by atoms with E-state index in [4.69, 9.17) is 16.5 Å². The van der Waals surface area contributed by atoms with Gasteiger partial charge in [-0.25, -0.2) is 14.8 Å². The minimum absolute atomic E-state index is 0.158. The van der Waals surface area contributed by atoms with Gasteiger partial charge >= 0.3 is 0 Å². The van der Waals surface area contributed by atoms with E-state index in [1.807, 2.05) is 36.4 Å². The van der Waals surface area contributed by atoms with E-state index in [1.165, 1.54) is 11.1 Å². The summed E-state index contributed by atoms with van der Waals surface area (Å²) < 4.78 is 0. The quantitative estimate of drug-likeness (QED) is 0.184. The summed E-state index contributed by atoms with van der Waals surface area (Å²) in [6.07, 6.45) is 0. The van der Waals surface area contributed by atoms with E-state index in [0.29, 0.717) is 11.5 Å². The van der Waals surface area contributed by atoms with Crippen LogP contribution in [0.2, 0.25) is 0 Å². The van der Waals surface area contributed by atoms with Crippen LogP contribution < -0.4 is 0 Å². The highest BCUT2D eigenvalue weighted by molar-refractivity contribution is 5.92. The van der Waals surface area contributed by atoms with Gasteiger partial charge in [0, 0.05) is 22.1 Å². The Labute approximate surface area is 275 Å². The van der Waals surface area contributed by atoms with Gasteiger partial charge in [0.05, 0.1) is 18.0 Å². The molecule has 0 unspecified atom stereocenters. The van der Waals surface area contributed by atoms with Crippen LogP contribution in [-0.2, 0) is 5.41 Å². The maximum Gasteiger partial charge on any atom is 0.195 e. The van der Waals surface area contributed by atoms with Gasteiger partial charge in [-0.3, -0.25) is 0 Å². The number of aromatic nitrogens is 2. The van der Waals surface area contributed by atoms with Gasteiger partial charge in [-0.05, 0) is 68.8 Å². The minimum atomic E-state index is -0.158. The maximum absolute atomic E-state index is 7.85. The van der Waals surface area contributed by atoms with Gasteiger partial charge < -0.3 is 0 Å². The van der Waals surface area contributed by atoms with Crippen molar-refractivity contribution in [1.29, 1.82) is 0 Å². The Balaban J connectivity index is 1.25. The predicted octanol–water partition coefficient (Wildman–Crippen LogP) is 11.7. The molecular formula is C44H31N3. The van der Waals surface area contributed by atoms with Crippen molar-refractivity contribution in [1.82, 2.24) is 9.97 Å². The molecule has 0 aliphatic heterocycles. The average Bonchev–Trinajstić information content (AvgIpc) is 3.38. The summed E-state index contributed by atoms with van der Waals surface area (Å²) in [5.41, 5.74) is 14.5. The van der Waals surface area contributed by atoms with Gasteiger partial charge in [-0.15, -0.1) is 0 Å². The average molecular weight is 602 g/mol. The Kier molecular flexibility index (Phi) is 6.85. The Morgan fingerprint density at radius 3 is 1.74 bits per heavy atom. The van der Waals surface area contributed by atoms with Gasteiger partial charge in [0.15, 0.2) is 11.5 Å². The molecule has 7 aromatic rings. The Morgan fingerprint density at radius 1 is 0.468 bits per heavy atom. The van der Waals surface area contributed by atoms with Gasteiger partial charge in [-0.2, -0.15) is 0 Å². The van der Waals surface area contributed by atoms with E-state index < -0.39 is 0 Å². The molecule has 0 amide bonds. The summed E-state index contributed by atoms with van der Waals surface area (Å²) in [5.74, 6) is 0.688. The van der Waals surface area contributed by atoms with Crippen LogP contribution >= 0.6 is 0 Å². The number of rotatable bonds is 5. The van der Waals surface area contributed by atoms with Crippen molar-refractivity contribution in [2.45, 2.75) is 19.3 Å². The van der Waals surface area contributed by atoms with Gasteiger partial charge in [-0.1, -0.05) is 141 Å². The summed E-state index contributed by atoms with van der Waals surface area (Å²) in [6, 6.07) is 52.6. The molecule has 1 aromatic heterocycles. The van der Waals surface area contributed by atoms with E-state index in [9.17, 15) is 0 Å². The van der Waals surface area contributed by atoms with Crippen molar-refractivity contribution in [3.05, 3.63) is 174 Å². The molecule has 3 heteroatoms. The number of hydrogen-bond acceptors (Lipinski definition) is 2. The van der Waals surface area contributed by atoms with E-state index >= 15 is 0 Å². The van der Waals surface area contributed by atoms with E-state index in [1.54, 1.807) is 0 Å². The number of fused-ring (bicyclic) bond motifs is 3. The molecule has 0 saturated heterocycles. The molecule has 47 heavy (non-hydrogen) atoms. The van der Waals surface area contributed by atoms with E-state index in [2.05, 4.69) is 134 Å². The topological polar surface area (TPSA) is 30.1 Å². The van der Waals surface area contributed by atoms with Crippen molar-refractivity contribution in [3.8, 4) is 67.3 Å². The third-order valence-electron chi connectivity index (χ3n) is 9.31. The third kappa shape index (κ3) is 5.01. The standard InChI is InChI=1S/C44H31N3/c1-44(2)37-24-23-33(27-36(37)42-38(44)21-12-22-39(42)45-3)32-18-10-19-34(25-32)41-28-40(30-15-8-5-9-16-30)46-43(47-41)35-20-11-17-31(26-35)29-13-6-4-7-14-29/h4-28H,1-2H3. The largest absolute Gasteiger partial charge is 0.238 e. The molecule has 0 N–H and O–H groups in total. The molecule has 0 radical (unpaired) electrons. The predicted molar refractivity (Wildman–Crippen MR) is 193 cm³/mol. The first-order valence-electron chi connectivity index (χ1n) is 15.9. The highest BCUT2D eigenvalue weighted by Gasteiger charge is 2.36. The summed E-state index contributed by atoms with van der Waals surface area (Å²) in [5, 5.41) is 0. The lowest BCUT2D eigenvalue weighted by Gasteiger charge is -2.21. The van der Waals surface area contributed by atoms with Gasteiger partial charge in [0.2, 0.25) is 0 Å². The molecule has 0 spiro atoms. The SMILES string of the molecule is [C-]#[N+]c1cccc2c1-c1cc(-c3cccc(-c4cc(-c5ccccc5)nc(-c5cccc(-c6ccccc6)c5)n4)c3)ccc1C2(C)C. The van der Waals surface area contributed by atoms with Crippen LogP contribution in [0.1, 0.15) is 25.0 Å². The maximum atomic E-state index is 7.85. The van der Waals surface area contributed by atoms with Crippen molar-refractivity contribution in [2.24, 2.45) is 0 Å². The van der Waals surface area contributed by atoms with Gasteiger partial charge in [0.25, 0.3) is 0 Å². The Hall–Kier alpha value is -6.11. The fourth-order valence-electron chi connectivity index (χ4n) is 6.87. The highest BCUT2D eigenvalue weighted by Crippen LogP contribution is 2.53. The van der Waals surface area contributed by atoms with Crippen LogP contribution in [0.25, 0.3) is 72.1 Å². The van der Waals surface area contributed by atoms with E-state index in [-0.39, 0.29) is 5.41 Å². The molecule has 1 heterocycles. The van der Waals surface area contributed by atoms with Crippen LogP contribution in [0.5, 0.6) is 0 Å². The van der Waals surface area contributed by atoms with Crippen LogP contribution in [0, 0.1) is 6.57 Å². The van der Waals surface area contributed by atoms with Crippen LogP contribution in [0.15, 0.2) is 152 Å². The molecule has 0 atom stereocenters. The number of hydrogen-bond donors (Lipinski definition) is 0. The summed E-state index contributed by atoms with van der Waals surface area (Å²) >= 11 is 0. The molecule has 1 aliphatic carbocycles. The summed E-state index contributed by atoms with van der Waals surface area (Å²) in [7, 11) is 0. The van der Waals surface area contributed by atoms with Crippen LogP contribution in [0.4, 0.5) is 5.69 Å². The van der Waals surface area contributed by atoms with Crippen molar-refractivity contribution in [2.75, 3.05) is 0 Å². The second-order valence-electron chi connectivity index (χ2n) is 12.6. The summed E-state index contributed by atoms with van der Waals surface area (Å²) in [6.45, 7) is 12.3. The molecule has 0 fully saturated rings. The molecule has 0 saturated carbocycles. The molecule has 3 nitrogen and oxygen atoms in total. The first-order valence-corrected chi connectivity index (χ1v) is 15.9. The first-order chi connectivity index (χ1) is 23.0. The molecule has 1 aliphatic rings. The normalized spacial score (nSPS) is 12.6. The Morgan fingerprint density at radius 2 is 1.02 bits per heavy atom. The zero-order chi connectivity index (χ0) is 32.0. The van der Waals surface area contributed by atoms with Crippen molar-refractivity contribution in [3.63, 3.8) is 0 Å². The second-order valence-corrected chi connectivity index (χ2v) is 12.6. The lowest BCUT2D eigenvalue weighted by Crippen LogP contribution is -2.14. The lowest BCUT2D eigenvalue weighted by molar-refractivity contribution is 0.660. The van der Waals surface area contributed by atoms with Crippen molar-refractivity contribution < 1.29 is 0 Å². The molecule has 0 bridgehead atoms. The number of benzene rings is 6. The molecular weight excluding hydrogens is 571 g/mol. The van der Waals surface area contributed by atoms with Crippen molar-refractivity contribution >= 4 is 5.69 Å². The monoisotopic (exact) mass is 601 g/mol. The zero-order valence-corrected chi connectivity index (χ0v) is 26.3. The van der Waals surface area contributed by atoms with E-state index in [0.717, 1.165) is 61.5 Å².